The lowest BCUT2D eigenvalue weighted by Gasteiger charge is -2.21. The number of carbonyl (C=O) groups excluding carboxylic acids is 2. The second-order valence-electron chi connectivity index (χ2n) is 6.72. The van der Waals surface area contributed by atoms with E-state index in [-0.39, 0.29) is 10.6 Å². The van der Waals surface area contributed by atoms with Gasteiger partial charge in [-0.05, 0) is 44.2 Å². The van der Waals surface area contributed by atoms with E-state index >= 15 is 0 Å². The molecule has 1 saturated carbocycles. The second kappa shape index (κ2) is 10.2. The topological polar surface area (TPSA) is 97.6 Å². The van der Waals surface area contributed by atoms with E-state index in [1.54, 1.807) is 0 Å². The minimum atomic E-state index is -0.854. The van der Waals surface area contributed by atoms with E-state index in [4.69, 9.17) is 25.8 Å². The molecule has 0 atom stereocenters. The van der Waals surface area contributed by atoms with Crippen molar-refractivity contribution in [2.24, 2.45) is 0 Å². The van der Waals surface area contributed by atoms with Crippen molar-refractivity contribution >= 4 is 23.5 Å². The zero-order valence-electron chi connectivity index (χ0n) is 16.2. The summed E-state index contributed by atoms with van der Waals surface area (Å²) in [6.45, 7) is 2.05. The molecule has 152 valence electrons. The summed E-state index contributed by atoms with van der Waals surface area (Å²) in [6.07, 6.45) is 4.82. The molecule has 0 unspecified atom stereocenters. The predicted octanol–water partition coefficient (Wildman–Crippen LogP) is 3.64. The maximum absolute atomic E-state index is 12.3. The molecule has 0 heterocycles. The van der Waals surface area contributed by atoms with E-state index in [1.165, 1.54) is 19.2 Å². The third-order valence-electron chi connectivity index (χ3n) is 4.59. The molecule has 1 aromatic carbocycles. The summed E-state index contributed by atoms with van der Waals surface area (Å²) >= 11 is 6.22. The number of rotatable bonds is 9. The monoisotopic (exact) mass is 408 g/mol. The molecule has 1 aliphatic rings. The Balaban J connectivity index is 1.99. The van der Waals surface area contributed by atoms with Gasteiger partial charge in [-0.2, -0.15) is 5.26 Å². The van der Waals surface area contributed by atoms with Gasteiger partial charge in [0.15, 0.2) is 18.1 Å². The van der Waals surface area contributed by atoms with Crippen LogP contribution in [0.3, 0.4) is 0 Å². The lowest BCUT2D eigenvalue weighted by atomic mass is 10.00. The number of nitriles is 1. The molecular formula is C20H25ClN2O5. The second-order valence-corrected chi connectivity index (χ2v) is 7.12. The van der Waals surface area contributed by atoms with Crippen LogP contribution < -0.4 is 14.8 Å². The molecule has 28 heavy (non-hydrogen) atoms. The zero-order chi connectivity index (χ0) is 20.6. The summed E-state index contributed by atoms with van der Waals surface area (Å²) in [5.41, 5.74) is -0.707. The van der Waals surface area contributed by atoms with Gasteiger partial charge >= 0.3 is 5.97 Å². The number of hydrogen-bond acceptors (Lipinski definition) is 6. The lowest BCUT2D eigenvalue weighted by Crippen LogP contribution is -2.46. The highest BCUT2D eigenvalue weighted by molar-refractivity contribution is 6.32. The van der Waals surface area contributed by atoms with Crippen LogP contribution >= 0.6 is 11.6 Å². The fourth-order valence-corrected chi connectivity index (χ4v) is 3.32. The number of esters is 1. The van der Waals surface area contributed by atoms with Crippen LogP contribution in [0.25, 0.3) is 0 Å². The fourth-order valence-electron chi connectivity index (χ4n) is 3.06. The number of nitrogens with zero attached hydrogens (tertiary/aromatic N) is 1. The largest absolute Gasteiger partial charge is 0.493 e. The first-order valence-corrected chi connectivity index (χ1v) is 9.72. The van der Waals surface area contributed by atoms with Crippen molar-refractivity contribution in [3.63, 3.8) is 0 Å². The van der Waals surface area contributed by atoms with Crippen LogP contribution in [0.4, 0.5) is 0 Å². The lowest BCUT2D eigenvalue weighted by molar-refractivity contribution is -0.125. The van der Waals surface area contributed by atoms with Crippen molar-refractivity contribution in [1.29, 1.82) is 5.26 Å². The highest BCUT2D eigenvalue weighted by atomic mass is 35.5. The van der Waals surface area contributed by atoms with Gasteiger partial charge in [-0.25, -0.2) is 4.79 Å². The first-order chi connectivity index (χ1) is 13.4. The molecule has 0 aliphatic heterocycles. The summed E-state index contributed by atoms with van der Waals surface area (Å²) < 4.78 is 16.0. The molecule has 7 nitrogen and oxygen atoms in total. The van der Waals surface area contributed by atoms with Gasteiger partial charge in [0.25, 0.3) is 5.91 Å². The van der Waals surface area contributed by atoms with Crippen LogP contribution in [0.2, 0.25) is 5.02 Å². The molecule has 1 N–H and O–H groups in total. The van der Waals surface area contributed by atoms with Gasteiger partial charge in [0.2, 0.25) is 0 Å². The third kappa shape index (κ3) is 5.52. The van der Waals surface area contributed by atoms with Crippen molar-refractivity contribution in [3.8, 4) is 17.6 Å². The smallest absolute Gasteiger partial charge is 0.338 e. The van der Waals surface area contributed by atoms with Crippen molar-refractivity contribution in [1.82, 2.24) is 5.32 Å². The van der Waals surface area contributed by atoms with Gasteiger partial charge in [0.05, 0.1) is 30.4 Å². The zero-order valence-corrected chi connectivity index (χ0v) is 16.9. The van der Waals surface area contributed by atoms with Crippen molar-refractivity contribution in [2.75, 3.05) is 20.3 Å². The Bertz CT molecular complexity index is 754. The van der Waals surface area contributed by atoms with Crippen LogP contribution in [-0.2, 0) is 9.53 Å². The van der Waals surface area contributed by atoms with E-state index in [9.17, 15) is 14.9 Å². The van der Waals surface area contributed by atoms with Crippen LogP contribution in [0, 0.1) is 11.3 Å². The van der Waals surface area contributed by atoms with Gasteiger partial charge in [0, 0.05) is 0 Å². The molecule has 1 aliphatic carbocycles. The van der Waals surface area contributed by atoms with Crippen LogP contribution in [0.5, 0.6) is 11.5 Å². The average Bonchev–Trinajstić information content (AvgIpc) is 3.16. The van der Waals surface area contributed by atoms with Crippen molar-refractivity contribution in [3.05, 3.63) is 22.7 Å². The van der Waals surface area contributed by atoms with E-state index < -0.39 is 24.0 Å². The number of halogens is 1. The number of ether oxygens (including phenoxy) is 3. The number of benzene rings is 1. The normalized spacial score (nSPS) is 14.8. The maximum Gasteiger partial charge on any atom is 0.338 e. The molecule has 1 fully saturated rings. The summed E-state index contributed by atoms with van der Waals surface area (Å²) in [6, 6.07) is 5.03. The molecule has 0 spiro atoms. The summed E-state index contributed by atoms with van der Waals surface area (Å²) in [5.74, 6) is -0.541. The Morgan fingerprint density at radius 2 is 2.04 bits per heavy atom. The Labute approximate surface area is 169 Å². The number of nitrogens with one attached hydrogen (secondary N) is 1. The Hall–Kier alpha value is -2.46. The van der Waals surface area contributed by atoms with Gasteiger partial charge in [0.1, 0.15) is 5.54 Å². The predicted molar refractivity (Wildman–Crippen MR) is 104 cm³/mol. The molecule has 1 amide bonds. The molecule has 1 aromatic rings. The van der Waals surface area contributed by atoms with Crippen molar-refractivity contribution < 1.29 is 23.8 Å². The number of amides is 1. The number of methoxy groups -OCH3 is 1. The highest BCUT2D eigenvalue weighted by Gasteiger charge is 2.35. The van der Waals surface area contributed by atoms with Crippen LogP contribution in [-0.4, -0.2) is 37.7 Å². The average molecular weight is 409 g/mol. The fraction of sp³-hybridized carbons (Fsp3) is 0.550. The number of carbonyl (C=O) groups is 2. The third-order valence-corrected chi connectivity index (χ3v) is 4.87. The molecule has 0 saturated heterocycles. The highest BCUT2D eigenvalue weighted by Crippen LogP contribution is 2.36. The van der Waals surface area contributed by atoms with E-state index in [1.807, 2.05) is 6.92 Å². The molecule has 0 bridgehead atoms. The number of hydrogen-bond donors (Lipinski definition) is 1. The van der Waals surface area contributed by atoms with E-state index in [2.05, 4.69) is 11.4 Å². The standard InChI is InChI=1S/C20H25ClN2O5/c1-3-4-9-27-18-15(21)10-14(11-16(18)26-2)19(25)28-12-17(24)23-20(13-22)7-5-6-8-20/h10-11H,3-9,12H2,1-2H3,(H,23,24). The Kier molecular flexibility index (Phi) is 7.94. The molecular weight excluding hydrogens is 384 g/mol. The summed E-state index contributed by atoms with van der Waals surface area (Å²) in [4.78, 5) is 24.4. The minimum absolute atomic E-state index is 0.147. The minimum Gasteiger partial charge on any atom is -0.493 e. The van der Waals surface area contributed by atoms with Gasteiger partial charge in [-0.15, -0.1) is 0 Å². The summed E-state index contributed by atoms with van der Waals surface area (Å²) in [7, 11) is 1.45. The molecule has 0 aromatic heterocycles. The van der Waals surface area contributed by atoms with Crippen LogP contribution in [0.1, 0.15) is 55.8 Å². The van der Waals surface area contributed by atoms with E-state index in [0.29, 0.717) is 30.9 Å². The quantitative estimate of drug-likeness (QED) is 0.495. The molecule has 0 radical (unpaired) electrons. The van der Waals surface area contributed by atoms with Gasteiger partial charge < -0.3 is 19.5 Å². The Morgan fingerprint density at radius 1 is 1.32 bits per heavy atom. The Morgan fingerprint density at radius 3 is 2.64 bits per heavy atom. The van der Waals surface area contributed by atoms with Crippen molar-refractivity contribution in [2.45, 2.75) is 51.0 Å². The molecule has 8 heteroatoms. The first kappa shape index (κ1) is 21.8. The SMILES string of the molecule is CCCCOc1c(Cl)cc(C(=O)OCC(=O)NC2(C#N)CCCC2)cc1OC. The van der Waals surface area contributed by atoms with Gasteiger partial charge in [-0.1, -0.05) is 24.9 Å². The maximum atomic E-state index is 12.3. The van der Waals surface area contributed by atoms with Crippen LogP contribution in [0.15, 0.2) is 12.1 Å². The number of unbranched alkanes of at least 4 members (excludes halogenated alkanes) is 1. The van der Waals surface area contributed by atoms with E-state index in [0.717, 1.165) is 25.7 Å². The summed E-state index contributed by atoms with van der Waals surface area (Å²) in [5, 5.41) is 12.2. The first-order valence-electron chi connectivity index (χ1n) is 9.34. The molecule has 2 rings (SSSR count). The van der Waals surface area contributed by atoms with Gasteiger partial charge in [-0.3, -0.25) is 4.79 Å².